The molecule has 2 unspecified atom stereocenters. The molecule has 8 heteroatoms. The number of aliphatic hydroxyl groups excluding tert-OH is 1. The molecule has 2 heterocycles. The van der Waals surface area contributed by atoms with Crippen molar-refractivity contribution in [2.24, 2.45) is 11.8 Å². The number of carbonyl (C=O) groups excluding carboxylic acids is 2. The molecule has 0 bridgehead atoms. The van der Waals surface area contributed by atoms with E-state index in [-0.39, 0.29) is 18.6 Å². The van der Waals surface area contributed by atoms with Gasteiger partial charge in [0.2, 0.25) is 0 Å². The van der Waals surface area contributed by atoms with Crippen molar-refractivity contribution in [1.82, 2.24) is 0 Å². The van der Waals surface area contributed by atoms with Gasteiger partial charge < -0.3 is 29.2 Å². The summed E-state index contributed by atoms with van der Waals surface area (Å²) in [7, 11) is 1.50. The van der Waals surface area contributed by atoms with E-state index in [0.29, 0.717) is 11.1 Å². The molecule has 0 radical (unpaired) electrons. The van der Waals surface area contributed by atoms with Crippen molar-refractivity contribution < 1.29 is 38.7 Å². The third-order valence-electron chi connectivity index (χ3n) is 6.35. The first-order valence-corrected chi connectivity index (χ1v) is 9.83. The maximum atomic E-state index is 12.5. The number of aliphatic hydroxyl groups is 2. The highest BCUT2D eigenvalue weighted by atomic mass is 16.6. The normalized spacial score (nSPS) is 42.3. The number of methoxy groups -OCH3 is 1. The van der Waals surface area contributed by atoms with Crippen LogP contribution >= 0.6 is 0 Å². The molecule has 0 saturated carbocycles. The minimum Gasteiger partial charge on any atom is -0.458 e. The summed E-state index contributed by atoms with van der Waals surface area (Å²) in [6.07, 6.45) is -1.34. The van der Waals surface area contributed by atoms with Crippen LogP contribution in [0.4, 0.5) is 0 Å². The summed E-state index contributed by atoms with van der Waals surface area (Å²) in [6.45, 7) is 8.45. The van der Waals surface area contributed by atoms with Gasteiger partial charge in [0.25, 0.3) is 0 Å². The summed E-state index contributed by atoms with van der Waals surface area (Å²) >= 11 is 0. The van der Waals surface area contributed by atoms with E-state index >= 15 is 0 Å². The minimum absolute atomic E-state index is 0.000195. The van der Waals surface area contributed by atoms with E-state index < -0.39 is 53.5 Å². The fraction of sp³-hybridized carbons (Fsp3) is 0.714. The maximum absolute atomic E-state index is 12.5. The standard InChI is InChI=1S/C21H30O8/c1-7-10(2)17(22)27-12-8-20(4,25)15-14(16-13(12)11(3)18(23)28-16)21(5,9-26-6)29-19(15)24/h7,11-13,16,19,24-25H,8-9H2,1-6H3/b10-7+/t11-,12-,13+,16-,19?,20-,21?/m0/s1. The van der Waals surface area contributed by atoms with Gasteiger partial charge in [-0.3, -0.25) is 4.79 Å². The minimum atomic E-state index is -1.54. The van der Waals surface area contributed by atoms with E-state index in [1.807, 2.05) is 0 Å². The molecule has 0 aromatic rings. The molecule has 29 heavy (non-hydrogen) atoms. The van der Waals surface area contributed by atoms with Crippen molar-refractivity contribution in [3.8, 4) is 0 Å². The molecule has 1 fully saturated rings. The zero-order valence-electron chi connectivity index (χ0n) is 17.7. The van der Waals surface area contributed by atoms with Crippen molar-refractivity contribution >= 4 is 11.9 Å². The van der Waals surface area contributed by atoms with Crippen molar-refractivity contribution in [2.45, 2.75) is 70.7 Å². The van der Waals surface area contributed by atoms with Gasteiger partial charge in [0, 0.05) is 30.2 Å². The van der Waals surface area contributed by atoms with Crippen LogP contribution in [0.5, 0.6) is 0 Å². The maximum Gasteiger partial charge on any atom is 0.333 e. The first-order valence-electron chi connectivity index (χ1n) is 9.83. The van der Waals surface area contributed by atoms with E-state index in [1.54, 1.807) is 40.7 Å². The molecule has 1 aliphatic carbocycles. The quantitative estimate of drug-likeness (QED) is 0.405. The molecule has 3 rings (SSSR count). The SMILES string of the molecule is C/C=C(\C)C(=O)O[C@H]1C[C@](C)(O)C2=C([C@H]3OC(=O)[C@@H](C)[C@H]13)C(C)(COC)OC2O. The van der Waals surface area contributed by atoms with Crippen LogP contribution in [0.2, 0.25) is 0 Å². The van der Waals surface area contributed by atoms with Crippen molar-refractivity contribution in [3.63, 3.8) is 0 Å². The Morgan fingerprint density at radius 3 is 2.59 bits per heavy atom. The van der Waals surface area contributed by atoms with E-state index in [2.05, 4.69) is 0 Å². The Labute approximate surface area is 170 Å². The summed E-state index contributed by atoms with van der Waals surface area (Å²) in [6, 6.07) is 0. The fourth-order valence-electron chi connectivity index (χ4n) is 4.79. The fourth-order valence-corrected chi connectivity index (χ4v) is 4.79. The summed E-state index contributed by atoms with van der Waals surface area (Å²) in [5, 5.41) is 21.9. The Bertz CT molecular complexity index is 767. The van der Waals surface area contributed by atoms with Gasteiger partial charge in [-0.25, -0.2) is 4.79 Å². The Hall–Kier alpha value is -1.74. The lowest BCUT2D eigenvalue weighted by molar-refractivity contribution is -0.163. The molecule has 0 aromatic heterocycles. The highest BCUT2D eigenvalue weighted by Crippen LogP contribution is 2.52. The van der Waals surface area contributed by atoms with Crippen LogP contribution in [0.25, 0.3) is 0 Å². The lowest BCUT2D eigenvalue weighted by atomic mass is 9.80. The van der Waals surface area contributed by atoms with Gasteiger partial charge in [-0.15, -0.1) is 0 Å². The zero-order valence-corrected chi connectivity index (χ0v) is 17.7. The third kappa shape index (κ3) is 3.52. The largest absolute Gasteiger partial charge is 0.458 e. The smallest absolute Gasteiger partial charge is 0.333 e. The molecular weight excluding hydrogens is 380 g/mol. The van der Waals surface area contributed by atoms with Crippen LogP contribution in [0.3, 0.4) is 0 Å². The Balaban J connectivity index is 2.12. The van der Waals surface area contributed by atoms with Gasteiger partial charge >= 0.3 is 11.9 Å². The van der Waals surface area contributed by atoms with Gasteiger partial charge in [0.05, 0.1) is 24.0 Å². The Morgan fingerprint density at radius 1 is 1.34 bits per heavy atom. The highest BCUT2D eigenvalue weighted by Gasteiger charge is 2.62. The first-order chi connectivity index (χ1) is 13.5. The number of carbonyl (C=O) groups is 2. The molecule has 8 nitrogen and oxygen atoms in total. The van der Waals surface area contributed by atoms with Gasteiger partial charge in [-0.2, -0.15) is 0 Å². The van der Waals surface area contributed by atoms with Gasteiger partial charge in [0.15, 0.2) is 6.29 Å². The molecule has 2 aliphatic heterocycles. The average molecular weight is 410 g/mol. The number of allylic oxidation sites excluding steroid dienone is 1. The van der Waals surface area contributed by atoms with Crippen LogP contribution in [-0.4, -0.2) is 65.6 Å². The Kier molecular flexibility index (Phi) is 5.68. The van der Waals surface area contributed by atoms with Crippen molar-refractivity contribution in [2.75, 3.05) is 13.7 Å². The van der Waals surface area contributed by atoms with Crippen molar-refractivity contribution in [3.05, 3.63) is 22.8 Å². The molecule has 7 atom stereocenters. The summed E-state index contributed by atoms with van der Waals surface area (Å²) in [5.41, 5.74) is -1.47. The van der Waals surface area contributed by atoms with Gasteiger partial charge in [-0.1, -0.05) is 13.0 Å². The van der Waals surface area contributed by atoms with E-state index in [4.69, 9.17) is 18.9 Å². The van der Waals surface area contributed by atoms with Crippen LogP contribution in [0, 0.1) is 11.8 Å². The molecule has 2 N–H and O–H groups in total. The second kappa shape index (κ2) is 7.50. The highest BCUT2D eigenvalue weighted by molar-refractivity contribution is 5.88. The summed E-state index contributed by atoms with van der Waals surface area (Å²) < 4.78 is 22.5. The van der Waals surface area contributed by atoms with E-state index in [0.717, 1.165) is 0 Å². The van der Waals surface area contributed by atoms with E-state index in [9.17, 15) is 19.8 Å². The lowest BCUT2D eigenvalue weighted by Gasteiger charge is -2.34. The summed E-state index contributed by atoms with van der Waals surface area (Å²) in [4.78, 5) is 25.0. The molecule has 0 spiro atoms. The predicted octanol–water partition coefficient (Wildman–Crippen LogP) is 1.25. The molecule has 0 amide bonds. The molecule has 162 valence electrons. The average Bonchev–Trinajstić information content (AvgIpc) is 3.02. The zero-order chi connectivity index (χ0) is 21.7. The topological polar surface area (TPSA) is 112 Å². The second-order valence-corrected chi connectivity index (χ2v) is 8.58. The van der Waals surface area contributed by atoms with Crippen LogP contribution < -0.4 is 0 Å². The van der Waals surface area contributed by atoms with Gasteiger partial charge in [-0.05, 0) is 27.7 Å². The number of esters is 2. The van der Waals surface area contributed by atoms with Crippen LogP contribution in [0.1, 0.15) is 41.0 Å². The Morgan fingerprint density at radius 2 is 2.00 bits per heavy atom. The number of fused-ring (bicyclic) bond motifs is 2. The second-order valence-electron chi connectivity index (χ2n) is 8.58. The first kappa shape index (κ1) is 22.0. The summed E-state index contributed by atoms with van der Waals surface area (Å²) in [5.74, 6) is -2.02. The molecule has 3 aliphatic rings. The molecule has 1 saturated heterocycles. The monoisotopic (exact) mass is 410 g/mol. The lowest BCUT2D eigenvalue weighted by Crippen LogP contribution is -2.44. The molecular formula is C21H30O8. The van der Waals surface area contributed by atoms with Crippen LogP contribution in [0.15, 0.2) is 22.8 Å². The predicted molar refractivity (Wildman–Crippen MR) is 101 cm³/mol. The number of hydrogen-bond acceptors (Lipinski definition) is 8. The third-order valence-corrected chi connectivity index (χ3v) is 6.35. The van der Waals surface area contributed by atoms with Crippen LogP contribution in [-0.2, 0) is 28.5 Å². The van der Waals surface area contributed by atoms with Crippen molar-refractivity contribution in [1.29, 1.82) is 0 Å². The van der Waals surface area contributed by atoms with E-state index in [1.165, 1.54) is 7.11 Å². The number of hydrogen-bond donors (Lipinski definition) is 2. The molecule has 0 aromatic carbocycles. The van der Waals surface area contributed by atoms with Gasteiger partial charge in [0.1, 0.15) is 17.8 Å². The number of ether oxygens (including phenoxy) is 4. The number of rotatable bonds is 4.